The van der Waals surface area contributed by atoms with Crippen molar-refractivity contribution in [2.75, 3.05) is 13.1 Å². The first-order valence-electron chi connectivity index (χ1n) is 6.04. The quantitative estimate of drug-likeness (QED) is 0.547. The lowest BCUT2D eigenvalue weighted by molar-refractivity contribution is 0.201. The Hall–Kier alpha value is -2.04. The Bertz CT molecular complexity index is 401. The van der Waals surface area contributed by atoms with E-state index in [0.29, 0.717) is 13.1 Å². The minimum Gasteiger partial charge on any atom is -0.386 e. The van der Waals surface area contributed by atoms with Gasteiger partial charge in [0.2, 0.25) is 0 Å². The summed E-state index contributed by atoms with van der Waals surface area (Å²) in [6.45, 7) is 5.08. The standard InChI is InChI=1S/C13H20N4O/c1-3-17(4-2)13(18)16-11(12(14)15)10-8-6-5-7-9-10/h5-9,11H,3-4H2,1-2H3,(H3,14,15)(H,16,18). The summed E-state index contributed by atoms with van der Waals surface area (Å²) >= 11 is 0. The largest absolute Gasteiger partial charge is 0.386 e. The van der Waals surface area contributed by atoms with Gasteiger partial charge < -0.3 is 16.0 Å². The van der Waals surface area contributed by atoms with Gasteiger partial charge in [-0.3, -0.25) is 5.41 Å². The van der Waals surface area contributed by atoms with Crippen molar-refractivity contribution in [3.63, 3.8) is 0 Å². The number of benzene rings is 1. The van der Waals surface area contributed by atoms with E-state index in [2.05, 4.69) is 5.32 Å². The Morgan fingerprint density at radius 3 is 2.33 bits per heavy atom. The van der Waals surface area contributed by atoms with Gasteiger partial charge in [-0.05, 0) is 19.4 Å². The predicted molar refractivity (Wildman–Crippen MR) is 72.5 cm³/mol. The van der Waals surface area contributed by atoms with Gasteiger partial charge in [-0.2, -0.15) is 0 Å². The first-order chi connectivity index (χ1) is 8.60. The predicted octanol–water partition coefficient (Wildman–Crippen LogP) is 1.72. The zero-order valence-electron chi connectivity index (χ0n) is 10.8. The van der Waals surface area contributed by atoms with Crippen molar-refractivity contribution in [2.24, 2.45) is 5.73 Å². The van der Waals surface area contributed by atoms with Crippen molar-refractivity contribution in [3.05, 3.63) is 35.9 Å². The molecule has 18 heavy (non-hydrogen) atoms. The highest BCUT2D eigenvalue weighted by Crippen LogP contribution is 2.12. The number of amides is 2. The highest BCUT2D eigenvalue weighted by molar-refractivity contribution is 5.88. The van der Waals surface area contributed by atoms with E-state index in [0.717, 1.165) is 5.56 Å². The topological polar surface area (TPSA) is 82.2 Å². The summed E-state index contributed by atoms with van der Waals surface area (Å²) in [5.41, 5.74) is 6.36. The second-order valence-electron chi connectivity index (χ2n) is 3.92. The summed E-state index contributed by atoms with van der Waals surface area (Å²) in [4.78, 5) is 13.6. The van der Waals surface area contributed by atoms with Crippen LogP contribution in [0.5, 0.6) is 0 Å². The SMILES string of the molecule is CCN(CC)C(=O)NC(C(=N)N)c1ccccc1. The van der Waals surface area contributed by atoms with E-state index in [1.54, 1.807) is 4.90 Å². The van der Waals surface area contributed by atoms with Crippen molar-refractivity contribution in [1.82, 2.24) is 10.2 Å². The monoisotopic (exact) mass is 248 g/mol. The van der Waals surface area contributed by atoms with Crippen LogP contribution in [0, 0.1) is 5.41 Å². The third-order valence-corrected chi connectivity index (χ3v) is 2.76. The molecule has 0 aliphatic heterocycles. The molecule has 0 aliphatic rings. The maximum atomic E-state index is 12.0. The fourth-order valence-electron chi connectivity index (χ4n) is 1.71. The molecule has 1 rings (SSSR count). The summed E-state index contributed by atoms with van der Waals surface area (Å²) in [5, 5.41) is 10.4. The van der Waals surface area contributed by atoms with Gasteiger partial charge in [0.25, 0.3) is 0 Å². The van der Waals surface area contributed by atoms with E-state index < -0.39 is 6.04 Å². The molecule has 0 bridgehead atoms. The van der Waals surface area contributed by atoms with E-state index in [-0.39, 0.29) is 11.9 Å². The Morgan fingerprint density at radius 1 is 1.33 bits per heavy atom. The Balaban J connectivity index is 2.82. The van der Waals surface area contributed by atoms with Crippen molar-refractivity contribution < 1.29 is 4.79 Å². The Labute approximate surface area is 107 Å². The van der Waals surface area contributed by atoms with Crippen molar-refractivity contribution in [1.29, 1.82) is 5.41 Å². The molecule has 1 aromatic carbocycles. The van der Waals surface area contributed by atoms with Gasteiger partial charge in [-0.15, -0.1) is 0 Å². The number of nitrogens with two attached hydrogens (primary N) is 1. The van der Waals surface area contributed by atoms with Crippen molar-refractivity contribution >= 4 is 11.9 Å². The molecule has 1 aromatic rings. The number of nitrogens with zero attached hydrogens (tertiary/aromatic N) is 1. The molecule has 0 saturated heterocycles. The molecule has 0 saturated carbocycles. The number of carbonyl (C=O) groups excluding carboxylic acids is 1. The number of carbonyl (C=O) groups is 1. The number of urea groups is 1. The average Bonchev–Trinajstić information content (AvgIpc) is 2.38. The van der Waals surface area contributed by atoms with Crippen molar-refractivity contribution in [3.8, 4) is 0 Å². The average molecular weight is 248 g/mol. The third-order valence-electron chi connectivity index (χ3n) is 2.76. The Kier molecular flexibility index (Phi) is 5.17. The van der Waals surface area contributed by atoms with Crippen LogP contribution in [-0.2, 0) is 0 Å². The molecule has 2 amide bonds. The number of rotatable bonds is 5. The van der Waals surface area contributed by atoms with Gasteiger partial charge >= 0.3 is 6.03 Å². The second kappa shape index (κ2) is 6.64. The molecule has 0 spiro atoms. The van der Waals surface area contributed by atoms with E-state index in [1.165, 1.54) is 0 Å². The minimum atomic E-state index is -0.570. The first-order valence-corrected chi connectivity index (χ1v) is 6.04. The number of nitrogens with one attached hydrogen (secondary N) is 2. The van der Waals surface area contributed by atoms with Crippen LogP contribution in [0.15, 0.2) is 30.3 Å². The molecule has 5 heteroatoms. The minimum absolute atomic E-state index is 0.0679. The summed E-state index contributed by atoms with van der Waals surface area (Å²) in [6, 6.07) is 8.50. The number of amidine groups is 1. The van der Waals surface area contributed by atoms with Crippen LogP contribution in [0.4, 0.5) is 4.79 Å². The first kappa shape index (κ1) is 14.0. The van der Waals surface area contributed by atoms with Gasteiger partial charge in [0.1, 0.15) is 11.9 Å². The highest BCUT2D eigenvalue weighted by Gasteiger charge is 2.19. The van der Waals surface area contributed by atoms with Gasteiger partial charge in [0, 0.05) is 13.1 Å². The van der Waals surface area contributed by atoms with Crippen LogP contribution >= 0.6 is 0 Å². The van der Waals surface area contributed by atoms with Crippen LogP contribution in [0.2, 0.25) is 0 Å². The highest BCUT2D eigenvalue weighted by atomic mass is 16.2. The van der Waals surface area contributed by atoms with Crippen molar-refractivity contribution in [2.45, 2.75) is 19.9 Å². The second-order valence-corrected chi connectivity index (χ2v) is 3.92. The lowest BCUT2D eigenvalue weighted by Gasteiger charge is -2.24. The van der Waals surface area contributed by atoms with Crippen LogP contribution < -0.4 is 11.1 Å². The molecule has 1 atom stereocenters. The van der Waals surface area contributed by atoms with Gasteiger partial charge in [0.05, 0.1) is 0 Å². The van der Waals surface area contributed by atoms with Gasteiger partial charge in [-0.1, -0.05) is 30.3 Å². The molecule has 0 radical (unpaired) electrons. The van der Waals surface area contributed by atoms with E-state index >= 15 is 0 Å². The summed E-state index contributed by atoms with van der Waals surface area (Å²) in [7, 11) is 0. The molecule has 0 heterocycles. The lowest BCUT2D eigenvalue weighted by atomic mass is 10.1. The van der Waals surface area contributed by atoms with Gasteiger partial charge in [-0.25, -0.2) is 4.79 Å². The molecular formula is C13H20N4O. The third kappa shape index (κ3) is 3.48. The van der Waals surface area contributed by atoms with Crippen LogP contribution in [-0.4, -0.2) is 29.9 Å². The molecular weight excluding hydrogens is 228 g/mol. The number of hydrogen-bond donors (Lipinski definition) is 3. The number of hydrogen-bond acceptors (Lipinski definition) is 2. The van der Waals surface area contributed by atoms with E-state index in [1.807, 2.05) is 44.2 Å². The fourth-order valence-corrected chi connectivity index (χ4v) is 1.71. The zero-order chi connectivity index (χ0) is 13.5. The zero-order valence-corrected chi connectivity index (χ0v) is 10.8. The summed E-state index contributed by atoms with van der Waals surface area (Å²) in [5.74, 6) is -0.0679. The molecule has 0 aliphatic carbocycles. The van der Waals surface area contributed by atoms with Crippen LogP contribution in [0.1, 0.15) is 25.5 Å². The smallest absolute Gasteiger partial charge is 0.318 e. The molecule has 4 N–H and O–H groups in total. The molecule has 5 nitrogen and oxygen atoms in total. The molecule has 98 valence electrons. The van der Waals surface area contributed by atoms with Crippen LogP contribution in [0.25, 0.3) is 0 Å². The lowest BCUT2D eigenvalue weighted by Crippen LogP contribution is -2.45. The maximum Gasteiger partial charge on any atom is 0.318 e. The Morgan fingerprint density at radius 2 is 1.89 bits per heavy atom. The summed E-state index contributed by atoms with van der Waals surface area (Å²) in [6.07, 6.45) is 0. The van der Waals surface area contributed by atoms with E-state index in [9.17, 15) is 4.79 Å². The fraction of sp³-hybridized carbons (Fsp3) is 0.385. The summed E-state index contributed by atoms with van der Waals surface area (Å²) < 4.78 is 0. The maximum absolute atomic E-state index is 12.0. The van der Waals surface area contributed by atoms with Gasteiger partial charge in [0.15, 0.2) is 0 Å². The molecule has 0 aromatic heterocycles. The van der Waals surface area contributed by atoms with E-state index in [4.69, 9.17) is 11.1 Å². The molecule has 0 fully saturated rings. The van der Waals surface area contributed by atoms with Crippen LogP contribution in [0.3, 0.4) is 0 Å². The normalized spacial score (nSPS) is 11.7. The molecule has 1 unspecified atom stereocenters.